The van der Waals surface area contributed by atoms with E-state index in [1.165, 1.54) is 0 Å². The Morgan fingerprint density at radius 1 is 1.38 bits per heavy atom. The minimum absolute atomic E-state index is 0.0469. The number of carbonyl (C=O) groups is 1. The third-order valence-electron chi connectivity index (χ3n) is 2.68. The van der Waals surface area contributed by atoms with Crippen LogP contribution in [0.1, 0.15) is 28.9 Å². The van der Waals surface area contributed by atoms with Crippen molar-refractivity contribution >= 4 is 5.97 Å². The molecule has 0 bridgehead atoms. The number of aromatic nitrogens is 3. The van der Waals surface area contributed by atoms with E-state index < -0.39 is 35.0 Å². The zero-order chi connectivity index (χ0) is 15.8. The Hall–Kier alpha value is -2.45. The van der Waals surface area contributed by atoms with Crippen molar-refractivity contribution in [2.45, 2.75) is 19.5 Å². The Balaban J connectivity index is 2.63. The van der Waals surface area contributed by atoms with E-state index in [0.717, 1.165) is 4.68 Å². The Bertz CT molecular complexity index is 694. The Kier molecular flexibility index (Phi) is 3.67. The van der Waals surface area contributed by atoms with Gasteiger partial charge in [-0.15, -0.1) is 5.10 Å². The zero-order valence-corrected chi connectivity index (χ0v) is 10.6. The summed E-state index contributed by atoms with van der Waals surface area (Å²) in [5.74, 6) is -2.97. The van der Waals surface area contributed by atoms with Gasteiger partial charge in [-0.2, -0.15) is 13.2 Å². The third-order valence-corrected chi connectivity index (χ3v) is 2.68. The second kappa shape index (κ2) is 5.15. The fraction of sp³-hybridized carbons (Fsp3) is 0.250. The number of aromatic carboxylic acids is 1. The van der Waals surface area contributed by atoms with Crippen LogP contribution in [0, 0.1) is 5.82 Å². The fourth-order valence-corrected chi connectivity index (χ4v) is 1.71. The highest BCUT2D eigenvalue weighted by molar-refractivity contribution is 5.83. The maximum absolute atomic E-state index is 13.8. The van der Waals surface area contributed by atoms with E-state index in [1.54, 1.807) is 6.92 Å². The molecular formula is C12H9F4N3O2. The van der Waals surface area contributed by atoms with Crippen molar-refractivity contribution in [2.75, 3.05) is 0 Å². The molecule has 0 unspecified atom stereocenters. The molecule has 2 aromatic rings. The Morgan fingerprint density at radius 2 is 2.05 bits per heavy atom. The van der Waals surface area contributed by atoms with Gasteiger partial charge in [0.15, 0.2) is 0 Å². The summed E-state index contributed by atoms with van der Waals surface area (Å²) in [6.45, 7) is 1.59. The van der Waals surface area contributed by atoms with Crippen LogP contribution in [0.5, 0.6) is 0 Å². The molecule has 0 aliphatic heterocycles. The van der Waals surface area contributed by atoms with Gasteiger partial charge in [0, 0.05) is 6.42 Å². The van der Waals surface area contributed by atoms with Crippen LogP contribution in [-0.4, -0.2) is 25.8 Å². The molecule has 0 saturated heterocycles. The standard InChI is InChI=1S/C12H9F4N3O2/c1-2-9-17-10(11(20)21)18-19(9)8-5-6(12(14,15)16)3-4-7(8)13/h3-5H,2H2,1H3,(H,20,21). The van der Waals surface area contributed by atoms with Crippen molar-refractivity contribution < 1.29 is 27.5 Å². The van der Waals surface area contributed by atoms with Crippen LogP contribution < -0.4 is 0 Å². The van der Waals surface area contributed by atoms with Gasteiger partial charge in [0.25, 0.3) is 5.82 Å². The molecule has 0 amide bonds. The van der Waals surface area contributed by atoms with Crippen molar-refractivity contribution in [3.05, 3.63) is 41.2 Å². The topological polar surface area (TPSA) is 68.0 Å². The number of halogens is 4. The summed E-state index contributed by atoms with van der Waals surface area (Å²) in [7, 11) is 0. The van der Waals surface area contributed by atoms with Crippen LogP contribution in [0.15, 0.2) is 18.2 Å². The minimum Gasteiger partial charge on any atom is -0.475 e. The normalized spacial score (nSPS) is 11.7. The number of aryl methyl sites for hydroxylation is 1. The summed E-state index contributed by atoms with van der Waals surface area (Å²) in [5.41, 5.74) is -1.56. The lowest BCUT2D eigenvalue weighted by atomic mass is 10.2. The summed E-state index contributed by atoms with van der Waals surface area (Å²) < 4.78 is 52.5. The summed E-state index contributed by atoms with van der Waals surface area (Å²) >= 11 is 0. The molecule has 1 aromatic carbocycles. The first-order chi connectivity index (χ1) is 9.74. The lowest BCUT2D eigenvalue weighted by molar-refractivity contribution is -0.137. The van der Waals surface area contributed by atoms with E-state index in [1.807, 2.05) is 0 Å². The fourth-order valence-electron chi connectivity index (χ4n) is 1.71. The molecule has 9 heteroatoms. The first kappa shape index (κ1) is 14.9. The van der Waals surface area contributed by atoms with Crippen molar-refractivity contribution in [3.63, 3.8) is 0 Å². The molecule has 5 nitrogen and oxygen atoms in total. The quantitative estimate of drug-likeness (QED) is 0.885. The summed E-state index contributed by atoms with van der Waals surface area (Å²) in [6, 6.07) is 1.81. The second-order valence-electron chi connectivity index (χ2n) is 4.09. The van der Waals surface area contributed by atoms with Gasteiger partial charge in [0.1, 0.15) is 17.3 Å². The van der Waals surface area contributed by atoms with E-state index in [0.29, 0.717) is 18.2 Å². The van der Waals surface area contributed by atoms with Gasteiger partial charge in [0.05, 0.1) is 5.56 Å². The van der Waals surface area contributed by atoms with E-state index in [2.05, 4.69) is 10.1 Å². The maximum Gasteiger partial charge on any atom is 0.416 e. The highest BCUT2D eigenvalue weighted by Crippen LogP contribution is 2.31. The van der Waals surface area contributed by atoms with E-state index in [-0.39, 0.29) is 12.2 Å². The zero-order valence-electron chi connectivity index (χ0n) is 10.6. The van der Waals surface area contributed by atoms with Crippen molar-refractivity contribution in [2.24, 2.45) is 0 Å². The van der Waals surface area contributed by atoms with E-state index >= 15 is 0 Å². The summed E-state index contributed by atoms with van der Waals surface area (Å²) in [5, 5.41) is 12.3. The maximum atomic E-state index is 13.8. The second-order valence-corrected chi connectivity index (χ2v) is 4.09. The third kappa shape index (κ3) is 2.86. The molecule has 112 valence electrons. The highest BCUT2D eigenvalue weighted by Gasteiger charge is 2.32. The number of carboxylic acids is 1. The molecule has 0 fully saturated rings. The van der Waals surface area contributed by atoms with Crippen LogP contribution in [0.4, 0.5) is 17.6 Å². The van der Waals surface area contributed by atoms with Gasteiger partial charge in [-0.1, -0.05) is 6.92 Å². The molecule has 0 aliphatic carbocycles. The predicted molar refractivity (Wildman–Crippen MR) is 62.7 cm³/mol. The number of nitrogens with zero attached hydrogens (tertiary/aromatic N) is 3. The molecule has 1 heterocycles. The number of carboxylic acid groups (broad SMARTS) is 1. The minimum atomic E-state index is -4.65. The lowest BCUT2D eigenvalue weighted by Gasteiger charge is -2.10. The first-order valence-corrected chi connectivity index (χ1v) is 5.80. The molecule has 0 saturated carbocycles. The molecule has 1 N–H and O–H groups in total. The number of hydrogen-bond donors (Lipinski definition) is 1. The SMILES string of the molecule is CCc1nc(C(=O)O)nn1-c1cc(C(F)(F)F)ccc1F. The van der Waals surface area contributed by atoms with Crippen molar-refractivity contribution in [1.29, 1.82) is 0 Å². The Labute approximate surface area is 115 Å². The summed E-state index contributed by atoms with van der Waals surface area (Å²) in [6.07, 6.45) is -4.47. The first-order valence-electron chi connectivity index (χ1n) is 5.80. The number of alkyl halides is 3. The van der Waals surface area contributed by atoms with E-state index in [9.17, 15) is 22.4 Å². The molecule has 0 aliphatic rings. The van der Waals surface area contributed by atoms with Crippen LogP contribution in [0.3, 0.4) is 0 Å². The van der Waals surface area contributed by atoms with E-state index in [4.69, 9.17) is 5.11 Å². The van der Waals surface area contributed by atoms with Gasteiger partial charge >= 0.3 is 12.1 Å². The van der Waals surface area contributed by atoms with Crippen LogP contribution in [0.25, 0.3) is 5.69 Å². The average Bonchev–Trinajstić information content (AvgIpc) is 2.82. The van der Waals surface area contributed by atoms with Crippen LogP contribution >= 0.6 is 0 Å². The number of rotatable bonds is 3. The van der Waals surface area contributed by atoms with Gasteiger partial charge in [-0.25, -0.2) is 18.9 Å². The highest BCUT2D eigenvalue weighted by atomic mass is 19.4. The molecule has 0 atom stereocenters. The molecule has 0 spiro atoms. The van der Waals surface area contributed by atoms with Gasteiger partial charge in [-0.05, 0) is 18.2 Å². The van der Waals surface area contributed by atoms with Crippen LogP contribution in [-0.2, 0) is 12.6 Å². The molecule has 0 radical (unpaired) electrons. The molecular weight excluding hydrogens is 294 g/mol. The van der Waals surface area contributed by atoms with Gasteiger partial charge in [0.2, 0.25) is 0 Å². The average molecular weight is 303 g/mol. The van der Waals surface area contributed by atoms with Gasteiger partial charge in [-0.3, -0.25) is 0 Å². The van der Waals surface area contributed by atoms with Crippen molar-refractivity contribution in [1.82, 2.24) is 14.8 Å². The number of benzene rings is 1. The molecule has 21 heavy (non-hydrogen) atoms. The van der Waals surface area contributed by atoms with Crippen molar-refractivity contribution in [3.8, 4) is 5.69 Å². The number of hydrogen-bond acceptors (Lipinski definition) is 3. The van der Waals surface area contributed by atoms with Gasteiger partial charge < -0.3 is 5.11 Å². The summed E-state index contributed by atoms with van der Waals surface area (Å²) in [4.78, 5) is 14.5. The Morgan fingerprint density at radius 3 is 2.57 bits per heavy atom. The largest absolute Gasteiger partial charge is 0.475 e. The molecule has 2 rings (SSSR count). The smallest absolute Gasteiger partial charge is 0.416 e. The predicted octanol–water partition coefficient (Wildman–Crippen LogP) is 2.69. The monoisotopic (exact) mass is 303 g/mol. The molecule has 1 aromatic heterocycles. The lowest BCUT2D eigenvalue weighted by Crippen LogP contribution is -2.10. The van der Waals surface area contributed by atoms with Crippen LogP contribution in [0.2, 0.25) is 0 Å².